The predicted molar refractivity (Wildman–Crippen MR) is 72.5 cm³/mol. The summed E-state index contributed by atoms with van der Waals surface area (Å²) in [5, 5.41) is 8.24. The fraction of sp³-hybridized carbons (Fsp3) is 0.0714. The number of rotatable bonds is 3. The third-order valence-corrected chi connectivity index (χ3v) is 2.86. The number of hydrogen-bond donors (Lipinski definition) is 1. The lowest BCUT2D eigenvalue weighted by atomic mass is 10.2. The molecular formula is C14H13N5. The summed E-state index contributed by atoms with van der Waals surface area (Å²) in [5.41, 5.74) is 9.18. The Hall–Kier alpha value is -2.53. The summed E-state index contributed by atoms with van der Waals surface area (Å²) in [6.45, 7) is 0.539. The van der Waals surface area contributed by atoms with Crippen molar-refractivity contribution in [3.05, 3.63) is 60.4 Å². The van der Waals surface area contributed by atoms with E-state index >= 15 is 0 Å². The molecule has 5 nitrogen and oxygen atoms in total. The second-order valence-corrected chi connectivity index (χ2v) is 4.13. The molecule has 0 aliphatic rings. The number of nitrogens with two attached hydrogens (primary N) is 1. The minimum Gasteiger partial charge on any atom is -0.326 e. The normalized spacial score (nSPS) is 10.6. The van der Waals surface area contributed by atoms with Crippen molar-refractivity contribution in [3.8, 4) is 17.1 Å². The molecule has 0 aliphatic carbocycles. The van der Waals surface area contributed by atoms with Crippen LogP contribution in [0.5, 0.6) is 0 Å². The highest BCUT2D eigenvalue weighted by molar-refractivity contribution is 5.52. The van der Waals surface area contributed by atoms with Crippen LogP contribution in [-0.4, -0.2) is 20.0 Å². The van der Waals surface area contributed by atoms with Crippen LogP contribution in [0.2, 0.25) is 0 Å². The van der Waals surface area contributed by atoms with E-state index in [0.717, 1.165) is 22.6 Å². The summed E-state index contributed by atoms with van der Waals surface area (Å²) in [4.78, 5) is 4.25. The number of nitrogens with zero attached hydrogens (tertiary/aromatic N) is 4. The van der Waals surface area contributed by atoms with Gasteiger partial charge in [0.2, 0.25) is 0 Å². The molecule has 0 saturated heterocycles. The van der Waals surface area contributed by atoms with Crippen LogP contribution in [0, 0.1) is 0 Å². The van der Waals surface area contributed by atoms with Crippen LogP contribution < -0.4 is 5.73 Å². The van der Waals surface area contributed by atoms with Crippen LogP contribution in [0.4, 0.5) is 0 Å². The molecule has 0 saturated carbocycles. The largest absolute Gasteiger partial charge is 0.326 e. The Labute approximate surface area is 110 Å². The van der Waals surface area contributed by atoms with E-state index in [4.69, 9.17) is 5.73 Å². The Kier molecular flexibility index (Phi) is 3.04. The zero-order valence-electron chi connectivity index (χ0n) is 10.3. The monoisotopic (exact) mass is 251 g/mol. The van der Waals surface area contributed by atoms with Crippen LogP contribution in [-0.2, 0) is 6.54 Å². The molecule has 1 aromatic carbocycles. The predicted octanol–water partition coefficient (Wildman–Crippen LogP) is 1.79. The quantitative estimate of drug-likeness (QED) is 0.770. The first kappa shape index (κ1) is 11.6. The van der Waals surface area contributed by atoms with Gasteiger partial charge in [0, 0.05) is 12.7 Å². The van der Waals surface area contributed by atoms with E-state index in [9.17, 15) is 0 Å². The highest BCUT2D eigenvalue weighted by Gasteiger charge is 2.05. The minimum atomic E-state index is 0.539. The van der Waals surface area contributed by atoms with Gasteiger partial charge in [0.25, 0.3) is 0 Å². The average Bonchev–Trinajstić information content (AvgIpc) is 2.98. The van der Waals surface area contributed by atoms with E-state index in [1.54, 1.807) is 10.9 Å². The molecule has 5 heteroatoms. The van der Waals surface area contributed by atoms with Crippen molar-refractivity contribution in [2.75, 3.05) is 0 Å². The molecular weight excluding hydrogens is 238 g/mol. The lowest BCUT2D eigenvalue weighted by Crippen LogP contribution is -1.98. The molecule has 0 radical (unpaired) electrons. The van der Waals surface area contributed by atoms with Gasteiger partial charge in [-0.25, -0.2) is 4.68 Å². The second kappa shape index (κ2) is 4.99. The lowest BCUT2D eigenvalue weighted by Gasteiger charge is -2.01. The Morgan fingerprint density at radius 1 is 1.00 bits per heavy atom. The van der Waals surface area contributed by atoms with Crippen LogP contribution in [0.25, 0.3) is 17.1 Å². The van der Waals surface area contributed by atoms with E-state index in [1.807, 2.05) is 48.7 Å². The Balaban J connectivity index is 1.92. The van der Waals surface area contributed by atoms with Gasteiger partial charge in [-0.15, -0.1) is 5.10 Å². The summed E-state index contributed by atoms with van der Waals surface area (Å²) in [6.07, 6.45) is 3.60. The smallest absolute Gasteiger partial charge is 0.131 e. The second-order valence-electron chi connectivity index (χ2n) is 4.13. The van der Waals surface area contributed by atoms with Gasteiger partial charge in [-0.3, -0.25) is 4.98 Å². The zero-order chi connectivity index (χ0) is 13.1. The molecule has 0 atom stereocenters. The molecule has 2 aromatic heterocycles. The van der Waals surface area contributed by atoms with Crippen molar-refractivity contribution in [2.45, 2.75) is 6.54 Å². The molecule has 19 heavy (non-hydrogen) atoms. The maximum absolute atomic E-state index is 5.58. The first-order chi connectivity index (χ1) is 9.36. The van der Waals surface area contributed by atoms with E-state index in [-0.39, 0.29) is 0 Å². The average molecular weight is 251 g/mol. The van der Waals surface area contributed by atoms with Gasteiger partial charge in [0.1, 0.15) is 5.69 Å². The molecule has 3 rings (SSSR count). The summed E-state index contributed by atoms with van der Waals surface area (Å²) >= 11 is 0. The van der Waals surface area contributed by atoms with Gasteiger partial charge in [-0.1, -0.05) is 23.4 Å². The molecule has 0 bridgehead atoms. The van der Waals surface area contributed by atoms with Crippen molar-refractivity contribution in [2.24, 2.45) is 5.73 Å². The van der Waals surface area contributed by atoms with Gasteiger partial charge in [-0.05, 0) is 29.8 Å². The van der Waals surface area contributed by atoms with Gasteiger partial charge >= 0.3 is 0 Å². The molecule has 3 aromatic rings. The van der Waals surface area contributed by atoms with Crippen molar-refractivity contribution >= 4 is 0 Å². The van der Waals surface area contributed by atoms with Gasteiger partial charge in [0.15, 0.2) is 0 Å². The van der Waals surface area contributed by atoms with E-state index < -0.39 is 0 Å². The fourth-order valence-corrected chi connectivity index (χ4v) is 1.81. The van der Waals surface area contributed by atoms with Crippen molar-refractivity contribution in [1.82, 2.24) is 20.0 Å². The third-order valence-electron chi connectivity index (χ3n) is 2.86. The van der Waals surface area contributed by atoms with Crippen molar-refractivity contribution < 1.29 is 0 Å². The topological polar surface area (TPSA) is 69.6 Å². The van der Waals surface area contributed by atoms with E-state index in [0.29, 0.717) is 6.54 Å². The zero-order valence-corrected chi connectivity index (χ0v) is 10.3. The van der Waals surface area contributed by atoms with Crippen LogP contribution in [0.15, 0.2) is 54.9 Å². The SMILES string of the molecule is NCc1ccc(-n2cc(-c3ccccn3)nn2)cc1. The number of benzene rings is 1. The highest BCUT2D eigenvalue weighted by atomic mass is 15.4. The molecule has 0 spiro atoms. The molecule has 0 amide bonds. The molecule has 2 heterocycles. The minimum absolute atomic E-state index is 0.539. The summed E-state index contributed by atoms with van der Waals surface area (Å²) in [7, 11) is 0. The molecule has 2 N–H and O–H groups in total. The highest BCUT2D eigenvalue weighted by Crippen LogP contribution is 2.15. The Bertz CT molecular complexity index is 658. The van der Waals surface area contributed by atoms with Crippen molar-refractivity contribution in [3.63, 3.8) is 0 Å². The van der Waals surface area contributed by atoms with Crippen LogP contribution in [0.3, 0.4) is 0 Å². The first-order valence-corrected chi connectivity index (χ1v) is 6.00. The van der Waals surface area contributed by atoms with E-state index in [1.165, 1.54) is 0 Å². The van der Waals surface area contributed by atoms with Crippen LogP contribution >= 0.6 is 0 Å². The van der Waals surface area contributed by atoms with Crippen molar-refractivity contribution in [1.29, 1.82) is 0 Å². The van der Waals surface area contributed by atoms with Crippen LogP contribution in [0.1, 0.15) is 5.56 Å². The number of aromatic nitrogens is 4. The summed E-state index contributed by atoms with van der Waals surface area (Å²) < 4.78 is 1.73. The summed E-state index contributed by atoms with van der Waals surface area (Å²) in [5.74, 6) is 0. The fourth-order valence-electron chi connectivity index (χ4n) is 1.81. The van der Waals surface area contributed by atoms with Gasteiger partial charge in [0.05, 0.1) is 17.6 Å². The molecule has 0 unspecified atom stereocenters. The maximum Gasteiger partial charge on any atom is 0.131 e. The van der Waals surface area contributed by atoms with E-state index in [2.05, 4.69) is 15.3 Å². The Morgan fingerprint density at radius 2 is 1.84 bits per heavy atom. The Morgan fingerprint density at radius 3 is 2.53 bits per heavy atom. The first-order valence-electron chi connectivity index (χ1n) is 6.00. The van der Waals surface area contributed by atoms with Gasteiger partial charge in [-0.2, -0.15) is 0 Å². The number of hydrogen-bond acceptors (Lipinski definition) is 4. The third kappa shape index (κ3) is 2.36. The standard InChI is InChI=1S/C14H13N5/c15-9-11-4-6-12(7-5-11)19-10-14(17-18-19)13-3-1-2-8-16-13/h1-8,10H,9,15H2. The lowest BCUT2D eigenvalue weighted by molar-refractivity contribution is 0.803. The molecule has 0 aliphatic heterocycles. The molecule has 94 valence electrons. The maximum atomic E-state index is 5.58. The molecule has 0 fully saturated rings. The summed E-state index contributed by atoms with van der Waals surface area (Å²) in [6, 6.07) is 13.6. The van der Waals surface area contributed by atoms with Gasteiger partial charge < -0.3 is 5.73 Å². The number of pyridine rings is 1.